The molecule has 3 aliphatic heterocycles. The van der Waals surface area contributed by atoms with E-state index >= 15 is 0 Å². The molecule has 7 nitrogen and oxygen atoms in total. The van der Waals surface area contributed by atoms with Crippen molar-refractivity contribution in [3.8, 4) is 0 Å². The summed E-state index contributed by atoms with van der Waals surface area (Å²) in [5.74, 6) is 0. The maximum Gasteiger partial charge on any atom is 0.0429 e. The number of rotatable bonds is 14. The number of nitrogens with one attached hydrogen (secondary N) is 3. The van der Waals surface area contributed by atoms with Crippen LogP contribution in [0.15, 0.2) is 42.5 Å². The van der Waals surface area contributed by atoms with Crippen LogP contribution < -0.4 is 16.0 Å². The van der Waals surface area contributed by atoms with Crippen LogP contribution in [0.1, 0.15) is 55.2 Å². The molecule has 226 valence electrons. The normalized spacial score (nSPS) is 19.9. The molecule has 0 aliphatic carbocycles. The summed E-state index contributed by atoms with van der Waals surface area (Å²) in [7, 11) is 2.22. The van der Waals surface area contributed by atoms with E-state index in [9.17, 15) is 0 Å². The van der Waals surface area contributed by atoms with E-state index in [0.29, 0.717) is 0 Å². The fourth-order valence-corrected chi connectivity index (χ4v) is 6.53. The number of nitrogens with zero attached hydrogens (tertiary/aromatic N) is 4. The number of para-hydroxylation sites is 1. The minimum absolute atomic E-state index is 0.910. The van der Waals surface area contributed by atoms with E-state index in [2.05, 4.69) is 85.1 Å². The second kappa shape index (κ2) is 16.6. The van der Waals surface area contributed by atoms with Crippen molar-refractivity contribution < 1.29 is 0 Å². The van der Waals surface area contributed by atoms with E-state index in [-0.39, 0.29) is 0 Å². The van der Waals surface area contributed by atoms with Crippen LogP contribution in [-0.2, 0) is 19.6 Å². The number of hydrogen-bond donors (Lipinski definition) is 3. The highest BCUT2D eigenvalue weighted by Gasteiger charge is 2.16. The maximum atomic E-state index is 3.83. The standard InChI is InChI=1S/C34H55N7/c1-38-20-22-41(23-21-38)29-32-10-4-5-11-34(32)37-33-25-30(27-35-12-18-39-14-6-2-7-15-39)24-31(26-33)28-36-13-19-40-16-8-3-9-17-40/h4-5,10-11,24-26,35-37H,2-3,6-9,12-23,27-29H2,1H3. The number of piperidine rings is 2. The van der Waals surface area contributed by atoms with Gasteiger partial charge in [-0.2, -0.15) is 0 Å². The molecule has 3 aliphatic rings. The van der Waals surface area contributed by atoms with Crippen molar-refractivity contribution in [2.75, 3.05) is 90.9 Å². The molecule has 0 radical (unpaired) electrons. The molecule has 0 spiro atoms. The van der Waals surface area contributed by atoms with Crippen LogP contribution in [-0.4, -0.2) is 105 Å². The molecular weight excluding hydrogens is 506 g/mol. The highest BCUT2D eigenvalue weighted by atomic mass is 15.2. The molecule has 0 saturated carbocycles. The van der Waals surface area contributed by atoms with E-state index in [1.54, 1.807) is 0 Å². The fourth-order valence-electron chi connectivity index (χ4n) is 6.53. The number of hydrogen-bond acceptors (Lipinski definition) is 7. The largest absolute Gasteiger partial charge is 0.355 e. The van der Waals surface area contributed by atoms with Gasteiger partial charge in [-0.15, -0.1) is 0 Å². The minimum Gasteiger partial charge on any atom is -0.355 e. The second-order valence-electron chi connectivity index (χ2n) is 12.6. The number of likely N-dealkylation sites (tertiary alicyclic amines) is 2. The Labute approximate surface area is 249 Å². The lowest BCUT2D eigenvalue weighted by atomic mass is 10.1. The summed E-state index contributed by atoms with van der Waals surface area (Å²) >= 11 is 0. The Morgan fingerprint density at radius 1 is 0.610 bits per heavy atom. The summed E-state index contributed by atoms with van der Waals surface area (Å²) in [5.41, 5.74) is 6.52. The first-order valence-electron chi connectivity index (χ1n) is 16.5. The third-order valence-corrected chi connectivity index (χ3v) is 9.10. The maximum absolute atomic E-state index is 3.83. The number of piperazine rings is 1. The van der Waals surface area contributed by atoms with Crippen LogP contribution in [0, 0.1) is 0 Å². The van der Waals surface area contributed by atoms with Crippen LogP contribution in [0.4, 0.5) is 11.4 Å². The molecular formula is C34H55N7. The van der Waals surface area contributed by atoms with Crippen molar-refractivity contribution in [2.24, 2.45) is 0 Å². The first kappa shape index (κ1) is 30.5. The highest BCUT2D eigenvalue weighted by Crippen LogP contribution is 2.25. The first-order chi connectivity index (χ1) is 20.2. The second-order valence-corrected chi connectivity index (χ2v) is 12.6. The topological polar surface area (TPSA) is 49.1 Å². The monoisotopic (exact) mass is 561 g/mol. The zero-order valence-corrected chi connectivity index (χ0v) is 25.7. The Bertz CT molecular complexity index is 979. The van der Waals surface area contributed by atoms with Crippen LogP contribution in [0.25, 0.3) is 0 Å². The van der Waals surface area contributed by atoms with Crippen molar-refractivity contribution in [1.29, 1.82) is 0 Å². The van der Waals surface area contributed by atoms with E-state index in [4.69, 9.17) is 0 Å². The van der Waals surface area contributed by atoms with Gasteiger partial charge in [-0.3, -0.25) is 4.90 Å². The zero-order valence-electron chi connectivity index (χ0n) is 25.7. The molecule has 2 aromatic carbocycles. The van der Waals surface area contributed by atoms with Crippen molar-refractivity contribution in [1.82, 2.24) is 30.2 Å². The number of likely N-dealkylation sites (N-methyl/N-ethyl adjacent to an activating group) is 1. The van der Waals surface area contributed by atoms with Crippen molar-refractivity contribution in [3.05, 3.63) is 59.2 Å². The molecule has 0 unspecified atom stereocenters. The predicted octanol–water partition coefficient (Wildman–Crippen LogP) is 4.33. The summed E-state index contributed by atoms with van der Waals surface area (Å²) in [6, 6.07) is 15.9. The van der Waals surface area contributed by atoms with Gasteiger partial charge in [-0.25, -0.2) is 0 Å². The van der Waals surface area contributed by atoms with Crippen molar-refractivity contribution in [2.45, 2.75) is 58.2 Å². The molecule has 0 amide bonds. The molecule has 0 aromatic heterocycles. The molecule has 3 heterocycles. The van der Waals surface area contributed by atoms with Crippen LogP contribution in [0.5, 0.6) is 0 Å². The van der Waals surface area contributed by atoms with Gasteiger partial charge in [0.25, 0.3) is 0 Å². The Morgan fingerprint density at radius 2 is 1.17 bits per heavy atom. The van der Waals surface area contributed by atoms with Crippen molar-refractivity contribution >= 4 is 11.4 Å². The fraction of sp³-hybridized carbons (Fsp3) is 0.647. The van der Waals surface area contributed by atoms with E-state index in [1.807, 2.05) is 0 Å². The molecule has 3 saturated heterocycles. The SMILES string of the molecule is CN1CCN(Cc2ccccc2Nc2cc(CNCCN3CCCCC3)cc(CNCCN3CCCCC3)c2)CC1. The third kappa shape index (κ3) is 10.3. The van der Waals surface area contributed by atoms with Gasteiger partial charge in [0.1, 0.15) is 0 Å². The summed E-state index contributed by atoms with van der Waals surface area (Å²) < 4.78 is 0. The van der Waals surface area contributed by atoms with Gasteiger partial charge in [-0.05, 0) is 93.8 Å². The number of benzene rings is 2. The molecule has 3 N–H and O–H groups in total. The predicted molar refractivity (Wildman–Crippen MR) is 173 cm³/mol. The molecule has 2 aromatic rings. The smallest absolute Gasteiger partial charge is 0.0429 e. The van der Waals surface area contributed by atoms with Gasteiger partial charge in [0.05, 0.1) is 0 Å². The highest BCUT2D eigenvalue weighted by molar-refractivity contribution is 5.64. The van der Waals surface area contributed by atoms with Crippen LogP contribution >= 0.6 is 0 Å². The lowest BCUT2D eigenvalue weighted by molar-refractivity contribution is 0.148. The Hall–Kier alpha value is -2.00. The summed E-state index contributed by atoms with van der Waals surface area (Å²) in [6.45, 7) is 16.9. The van der Waals surface area contributed by atoms with Crippen molar-refractivity contribution in [3.63, 3.8) is 0 Å². The average Bonchev–Trinajstić information content (AvgIpc) is 3.01. The minimum atomic E-state index is 0.910. The number of anilines is 2. The quantitative estimate of drug-likeness (QED) is 0.297. The first-order valence-corrected chi connectivity index (χ1v) is 16.5. The Balaban J connectivity index is 1.20. The van der Waals surface area contributed by atoms with Gasteiger partial charge < -0.3 is 30.7 Å². The Morgan fingerprint density at radius 3 is 1.76 bits per heavy atom. The lowest BCUT2D eigenvalue weighted by Gasteiger charge is -2.32. The third-order valence-electron chi connectivity index (χ3n) is 9.10. The van der Waals surface area contributed by atoms with Gasteiger partial charge in [0.15, 0.2) is 0 Å². The van der Waals surface area contributed by atoms with Crippen LogP contribution in [0.2, 0.25) is 0 Å². The molecule has 5 rings (SSSR count). The molecule has 3 fully saturated rings. The van der Waals surface area contributed by atoms with Gasteiger partial charge in [-0.1, -0.05) is 37.1 Å². The molecule has 0 bridgehead atoms. The van der Waals surface area contributed by atoms with Gasteiger partial charge in [0.2, 0.25) is 0 Å². The molecule has 0 atom stereocenters. The van der Waals surface area contributed by atoms with Gasteiger partial charge >= 0.3 is 0 Å². The average molecular weight is 562 g/mol. The summed E-state index contributed by atoms with van der Waals surface area (Å²) in [6.07, 6.45) is 8.24. The van der Waals surface area contributed by atoms with E-state index < -0.39 is 0 Å². The van der Waals surface area contributed by atoms with Gasteiger partial charge in [0, 0.05) is 83.4 Å². The summed E-state index contributed by atoms with van der Waals surface area (Å²) in [4.78, 5) is 10.2. The van der Waals surface area contributed by atoms with Crippen LogP contribution in [0.3, 0.4) is 0 Å². The summed E-state index contributed by atoms with van der Waals surface area (Å²) in [5, 5.41) is 11.3. The Kier molecular flexibility index (Phi) is 12.3. The lowest BCUT2D eigenvalue weighted by Crippen LogP contribution is -2.43. The molecule has 41 heavy (non-hydrogen) atoms. The molecule has 7 heteroatoms. The van der Waals surface area contributed by atoms with E-state index in [1.165, 1.54) is 92.8 Å². The zero-order chi connectivity index (χ0) is 28.1. The van der Waals surface area contributed by atoms with E-state index in [0.717, 1.165) is 72.0 Å².